The van der Waals surface area contributed by atoms with Crippen molar-refractivity contribution in [2.24, 2.45) is 5.73 Å². The zero-order valence-corrected chi connectivity index (χ0v) is 11.2. The smallest absolute Gasteiger partial charge is 0.252 e. The molecule has 0 heterocycles. The summed E-state index contributed by atoms with van der Waals surface area (Å²) in [5.41, 5.74) is 11.4. The highest BCUT2D eigenvalue weighted by atomic mass is 35.5. The van der Waals surface area contributed by atoms with Crippen LogP contribution in [0.1, 0.15) is 24.2 Å². The fourth-order valence-electron chi connectivity index (χ4n) is 1.37. The molecule has 1 amide bonds. The Bertz CT molecular complexity index is 436. The Morgan fingerprint density at radius 3 is 2.61 bits per heavy atom. The van der Waals surface area contributed by atoms with E-state index in [0.717, 1.165) is 0 Å². The molecule has 0 aliphatic carbocycles. The Morgan fingerprint density at radius 2 is 2.06 bits per heavy atom. The standard InChI is InChI=1S/C12H17ClN2O3/c1-7(2)17-3-4-18-11-9(12(15)16)5-8(14)6-10(11)13/h5-7H,3-4,14H2,1-2H3,(H2,15,16). The number of anilines is 1. The van der Waals surface area contributed by atoms with E-state index in [1.165, 1.54) is 12.1 Å². The second-order valence-electron chi connectivity index (χ2n) is 4.01. The maximum absolute atomic E-state index is 11.3. The number of carbonyl (C=O) groups excluding carboxylic acids is 1. The van der Waals surface area contributed by atoms with Crippen LogP contribution in [0.25, 0.3) is 0 Å². The lowest BCUT2D eigenvalue weighted by molar-refractivity contribution is 0.0549. The van der Waals surface area contributed by atoms with Crippen LogP contribution in [0.4, 0.5) is 5.69 Å². The second-order valence-corrected chi connectivity index (χ2v) is 4.42. The van der Waals surface area contributed by atoms with Gasteiger partial charge in [-0.25, -0.2) is 0 Å². The largest absolute Gasteiger partial charge is 0.489 e. The van der Waals surface area contributed by atoms with Gasteiger partial charge in [0, 0.05) is 5.69 Å². The van der Waals surface area contributed by atoms with E-state index in [9.17, 15) is 4.79 Å². The molecule has 0 spiro atoms. The number of primary amides is 1. The minimum Gasteiger partial charge on any atom is -0.489 e. The van der Waals surface area contributed by atoms with E-state index in [1.54, 1.807) is 0 Å². The zero-order valence-electron chi connectivity index (χ0n) is 10.4. The summed E-state index contributed by atoms with van der Waals surface area (Å²) >= 11 is 5.97. The van der Waals surface area contributed by atoms with Gasteiger partial charge in [-0.15, -0.1) is 0 Å². The third-order valence-electron chi connectivity index (χ3n) is 2.11. The van der Waals surface area contributed by atoms with Gasteiger partial charge < -0.3 is 20.9 Å². The van der Waals surface area contributed by atoms with Crippen LogP contribution in [0.3, 0.4) is 0 Å². The summed E-state index contributed by atoms with van der Waals surface area (Å²) in [7, 11) is 0. The third kappa shape index (κ3) is 4.09. The van der Waals surface area contributed by atoms with E-state index in [2.05, 4.69) is 0 Å². The number of carbonyl (C=O) groups is 1. The highest BCUT2D eigenvalue weighted by Gasteiger charge is 2.14. The maximum atomic E-state index is 11.3. The lowest BCUT2D eigenvalue weighted by Crippen LogP contribution is -2.16. The van der Waals surface area contributed by atoms with Crippen molar-refractivity contribution in [3.05, 3.63) is 22.7 Å². The third-order valence-corrected chi connectivity index (χ3v) is 2.39. The number of rotatable bonds is 6. The van der Waals surface area contributed by atoms with Crippen LogP contribution in [0.5, 0.6) is 5.75 Å². The minimum absolute atomic E-state index is 0.117. The molecule has 100 valence electrons. The first kappa shape index (κ1) is 14.6. The van der Waals surface area contributed by atoms with E-state index in [0.29, 0.717) is 12.3 Å². The Balaban J connectivity index is 2.77. The quantitative estimate of drug-likeness (QED) is 0.611. The molecule has 1 aromatic rings. The Labute approximate surface area is 111 Å². The summed E-state index contributed by atoms with van der Waals surface area (Å²) in [5.74, 6) is -0.394. The van der Waals surface area contributed by atoms with Gasteiger partial charge in [-0.3, -0.25) is 4.79 Å². The van der Waals surface area contributed by atoms with E-state index < -0.39 is 5.91 Å². The van der Waals surface area contributed by atoms with Crippen LogP contribution >= 0.6 is 11.6 Å². The summed E-state index contributed by atoms with van der Waals surface area (Å²) in [6, 6.07) is 2.94. The Kier molecular flexibility index (Phi) is 5.25. The van der Waals surface area contributed by atoms with Crippen molar-refractivity contribution in [1.82, 2.24) is 0 Å². The van der Waals surface area contributed by atoms with Gasteiger partial charge in [0.05, 0.1) is 23.3 Å². The van der Waals surface area contributed by atoms with Crippen molar-refractivity contribution >= 4 is 23.2 Å². The second kappa shape index (κ2) is 6.47. The molecule has 5 nitrogen and oxygen atoms in total. The first-order chi connectivity index (χ1) is 8.41. The van der Waals surface area contributed by atoms with Gasteiger partial charge in [-0.1, -0.05) is 11.6 Å². The van der Waals surface area contributed by atoms with E-state index in [-0.39, 0.29) is 29.0 Å². The van der Waals surface area contributed by atoms with E-state index in [4.69, 9.17) is 32.5 Å². The number of amides is 1. The lowest BCUT2D eigenvalue weighted by Gasteiger charge is -2.13. The summed E-state index contributed by atoms with van der Waals surface area (Å²) < 4.78 is 10.7. The van der Waals surface area contributed by atoms with Crippen molar-refractivity contribution < 1.29 is 14.3 Å². The average molecular weight is 273 g/mol. The van der Waals surface area contributed by atoms with Crippen LogP contribution in [-0.2, 0) is 4.74 Å². The molecule has 0 radical (unpaired) electrons. The van der Waals surface area contributed by atoms with E-state index in [1.807, 2.05) is 13.8 Å². The SMILES string of the molecule is CC(C)OCCOc1c(Cl)cc(N)cc1C(N)=O. The summed E-state index contributed by atoms with van der Waals surface area (Å²) in [4.78, 5) is 11.3. The molecule has 0 unspecified atom stereocenters. The Morgan fingerprint density at radius 1 is 1.39 bits per heavy atom. The normalized spacial score (nSPS) is 10.7. The van der Waals surface area contributed by atoms with Crippen LogP contribution < -0.4 is 16.2 Å². The lowest BCUT2D eigenvalue weighted by atomic mass is 10.1. The number of benzene rings is 1. The first-order valence-electron chi connectivity index (χ1n) is 5.55. The molecule has 1 rings (SSSR count). The molecule has 0 aliphatic rings. The molecule has 1 aromatic carbocycles. The zero-order chi connectivity index (χ0) is 13.7. The topological polar surface area (TPSA) is 87.6 Å². The molecule has 0 saturated carbocycles. The highest BCUT2D eigenvalue weighted by molar-refractivity contribution is 6.33. The number of hydrogen-bond donors (Lipinski definition) is 2. The van der Waals surface area contributed by atoms with Crippen LogP contribution in [0, 0.1) is 0 Å². The molecule has 6 heteroatoms. The van der Waals surface area contributed by atoms with Crippen molar-refractivity contribution in [1.29, 1.82) is 0 Å². The van der Waals surface area contributed by atoms with Gasteiger partial charge >= 0.3 is 0 Å². The number of ether oxygens (including phenoxy) is 2. The van der Waals surface area contributed by atoms with Crippen molar-refractivity contribution in [2.45, 2.75) is 20.0 Å². The van der Waals surface area contributed by atoms with Gasteiger partial charge in [0.15, 0.2) is 5.75 Å². The number of nitrogen functional groups attached to an aromatic ring is 1. The Hall–Kier alpha value is -1.46. The fourth-order valence-corrected chi connectivity index (χ4v) is 1.65. The molecule has 0 aromatic heterocycles. The predicted octanol–water partition coefficient (Wildman–Crippen LogP) is 1.82. The monoisotopic (exact) mass is 272 g/mol. The highest BCUT2D eigenvalue weighted by Crippen LogP contribution is 2.31. The fraction of sp³-hybridized carbons (Fsp3) is 0.417. The predicted molar refractivity (Wildman–Crippen MR) is 71.0 cm³/mol. The van der Waals surface area contributed by atoms with Crippen molar-refractivity contribution in [3.8, 4) is 5.75 Å². The molecule has 0 fully saturated rings. The van der Waals surface area contributed by atoms with Crippen LogP contribution in [-0.4, -0.2) is 25.2 Å². The minimum atomic E-state index is -0.635. The number of nitrogens with two attached hydrogens (primary N) is 2. The summed E-state index contributed by atoms with van der Waals surface area (Å²) in [6.07, 6.45) is 0.117. The number of hydrogen-bond acceptors (Lipinski definition) is 4. The van der Waals surface area contributed by atoms with Crippen molar-refractivity contribution in [3.63, 3.8) is 0 Å². The molecule has 0 aliphatic heterocycles. The maximum Gasteiger partial charge on any atom is 0.252 e. The molecule has 18 heavy (non-hydrogen) atoms. The van der Waals surface area contributed by atoms with E-state index >= 15 is 0 Å². The van der Waals surface area contributed by atoms with Crippen LogP contribution in [0.2, 0.25) is 5.02 Å². The van der Waals surface area contributed by atoms with Gasteiger partial charge in [0.25, 0.3) is 5.91 Å². The number of halogens is 1. The summed E-state index contributed by atoms with van der Waals surface area (Å²) in [5, 5.41) is 0.258. The van der Waals surface area contributed by atoms with Gasteiger partial charge in [-0.05, 0) is 26.0 Å². The molecular formula is C12H17ClN2O3. The average Bonchev–Trinajstić information content (AvgIpc) is 2.25. The molecule has 4 N–H and O–H groups in total. The molecule has 0 bridgehead atoms. The van der Waals surface area contributed by atoms with Crippen LogP contribution in [0.15, 0.2) is 12.1 Å². The van der Waals surface area contributed by atoms with Gasteiger partial charge in [0.1, 0.15) is 6.61 Å². The van der Waals surface area contributed by atoms with Crippen molar-refractivity contribution in [2.75, 3.05) is 18.9 Å². The van der Waals surface area contributed by atoms with Gasteiger partial charge in [0.2, 0.25) is 0 Å². The molecular weight excluding hydrogens is 256 g/mol. The van der Waals surface area contributed by atoms with Gasteiger partial charge in [-0.2, -0.15) is 0 Å². The molecule has 0 atom stereocenters. The summed E-state index contributed by atoms with van der Waals surface area (Å²) in [6.45, 7) is 4.52. The molecule has 0 saturated heterocycles. The first-order valence-corrected chi connectivity index (χ1v) is 5.92.